The van der Waals surface area contributed by atoms with Crippen LogP contribution in [0.4, 0.5) is 23.7 Å². The van der Waals surface area contributed by atoms with Crippen molar-refractivity contribution < 1.29 is 32.7 Å². The van der Waals surface area contributed by atoms with E-state index in [-0.39, 0.29) is 55.3 Å². The highest BCUT2D eigenvalue weighted by Gasteiger charge is 2.51. The SMILES string of the molecule is CCC1=C(N2CCN(C(=O)O)CC2)C(=O)N2C(=NC(Br)N2C(C)(C)C)N1CC(=O)Nc1ccc(C(F)(F)F)cc1Cl. The van der Waals surface area contributed by atoms with Gasteiger partial charge in [0.1, 0.15) is 12.2 Å². The van der Waals surface area contributed by atoms with Crippen LogP contribution in [-0.4, -0.2) is 97.0 Å². The zero-order chi connectivity index (χ0) is 30.4. The smallest absolute Gasteiger partial charge is 0.416 e. The predicted molar refractivity (Wildman–Crippen MR) is 149 cm³/mol. The zero-order valence-corrected chi connectivity index (χ0v) is 25.1. The van der Waals surface area contributed by atoms with Crippen LogP contribution < -0.4 is 5.32 Å². The molecule has 1 unspecified atom stereocenters. The number of fused-ring (bicyclic) bond motifs is 1. The van der Waals surface area contributed by atoms with E-state index in [0.29, 0.717) is 17.8 Å². The van der Waals surface area contributed by atoms with E-state index in [1.807, 2.05) is 32.6 Å². The van der Waals surface area contributed by atoms with Gasteiger partial charge >= 0.3 is 12.3 Å². The number of amides is 3. The summed E-state index contributed by atoms with van der Waals surface area (Å²) in [7, 11) is 0. The van der Waals surface area contributed by atoms with Gasteiger partial charge in [-0.1, -0.05) is 18.5 Å². The molecule has 1 aromatic carbocycles. The van der Waals surface area contributed by atoms with Crippen LogP contribution in [0.25, 0.3) is 0 Å². The van der Waals surface area contributed by atoms with Crippen molar-refractivity contribution in [2.75, 3.05) is 38.0 Å². The van der Waals surface area contributed by atoms with E-state index in [2.05, 4.69) is 26.2 Å². The van der Waals surface area contributed by atoms with Crippen molar-refractivity contribution >= 4 is 57.1 Å². The molecule has 16 heteroatoms. The Kier molecular flexibility index (Phi) is 8.54. The number of anilines is 1. The molecule has 2 N–H and O–H groups in total. The van der Waals surface area contributed by atoms with E-state index >= 15 is 0 Å². The maximum atomic E-state index is 14.1. The van der Waals surface area contributed by atoms with Crippen molar-refractivity contribution in [3.63, 3.8) is 0 Å². The summed E-state index contributed by atoms with van der Waals surface area (Å²) in [6, 6.07) is 2.65. The number of alkyl halides is 4. The Morgan fingerprint density at radius 3 is 2.32 bits per heavy atom. The first-order valence-corrected chi connectivity index (χ1v) is 14.1. The van der Waals surface area contributed by atoms with Gasteiger partial charge in [-0.15, -0.1) is 0 Å². The Labute approximate surface area is 248 Å². The molecule has 1 saturated heterocycles. The average Bonchev–Trinajstić information content (AvgIpc) is 3.24. The number of hydrogen-bond acceptors (Lipinski definition) is 7. The van der Waals surface area contributed by atoms with Gasteiger partial charge in [-0.3, -0.25) is 9.59 Å². The van der Waals surface area contributed by atoms with Crippen LogP contribution in [0.5, 0.6) is 0 Å². The number of carboxylic acid groups (broad SMARTS) is 1. The lowest BCUT2D eigenvalue weighted by atomic mass is 10.1. The Hall–Kier alpha value is -3.04. The number of piperazine rings is 1. The minimum absolute atomic E-state index is 0.00435. The predicted octanol–water partition coefficient (Wildman–Crippen LogP) is 4.42. The number of carbonyl (C=O) groups excluding carboxylic acids is 2. The number of carbonyl (C=O) groups is 3. The van der Waals surface area contributed by atoms with Gasteiger partial charge in [-0.2, -0.15) is 18.2 Å². The summed E-state index contributed by atoms with van der Waals surface area (Å²) in [5, 5.41) is 14.2. The molecule has 41 heavy (non-hydrogen) atoms. The fourth-order valence-electron chi connectivity index (χ4n) is 4.95. The standard InChI is InChI=1S/C25H30BrClF3N7O4/c1-5-17-19(33-8-10-34(11-9-33)23(40)41)20(39)36-22(32-21(26)37(36)24(2,3)4)35(17)13-18(38)31-16-7-6-14(12-15(16)27)25(28,29)30/h6-7,12,21H,5,8-11,13H2,1-4H3,(H,31,38)(H,40,41). The number of benzene rings is 1. The van der Waals surface area contributed by atoms with Crippen molar-refractivity contribution in [1.82, 2.24) is 24.7 Å². The minimum atomic E-state index is -4.59. The number of allylic oxidation sites excluding steroid dienone is 1. The number of halogens is 5. The normalized spacial score (nSPS) is 20.5. The summed E-state index contributed by atoms with van der Waals surface area (Å²) >= 11 is 9.58. The van der Waals surface area contributed by atoms with Crippen LogP contribution in [0.15, 0.2) is 34.6 Å². The molecule has 3 aliphatic rings. The third-order valence-electron chi connectivity index (χ3n) is 6.83. The van der Waals surface area contributed by atoms with E-state index in [0.717, 1.165) is 18.2 Å². The lowest BCUT2D eigenvalue weighted by Gasteiger charge is -2.47. The number of rotatable bonds is 5. The number of nitrogens with zero attached hydrogens (tertiary/aromatic N) is 6. The zero-order valence-electron chi connectivity index (χ0n) is 22.8. The summed E-state index contributed by atoms with van der Waals surface area (Å²) in [6.45, 7) is 8.15. The van der Waals surface area contributed by atoms with Crippen molar-refractivity contribution in [1.29, 1.82) is 0 Å². The molecule has 1 fully saturated rings. The molecule has 0 radical (unpaired) electrons. The Morgan fingerprint density at radius 1 is 1.17 bits per heavy atom. The van der Waals surface area contributed by atoms with Crippen LogP contribution in [-0.2, 0) is 15.8 Å². The lowest BCUT2D eigenvalue weighted by molar-refractivity contribution is -0.145. The first-order valence-electron chi connectivity index (χ1n) is 12.8. The summed E-state index contributed by atoms with van der Waals surface area (Å²) < 4.78 is 39.2. The van der Waals surface area contributed by atoms with E-state index in [9.17, 15) is 32.7 Å². The molecular formula is C25H30BrClF3N7O4. The van der Waals surface area contributed by atoms with Gasteiger partial charge in [0.2, 0.25) is 11.9 Å². The van der Waals surface area contributed by atoms with Crippen LogP contribution in [0.3, 0.4) is 0 Å². The molecule has 224 valence electrons. The van der Waals surface area contributed by atoms with Crippen molar-refractivity contribution in [3.8, 4) is 0 Å². The van der Waals surface area contributed by atoms with Crippen molar-refractivity contribution in [2.45, 2.75) is 50.9 Å². The van der Waals surface area contributed by atoms with Gasteiger partial charge in [-0.25, -0.2) is 14.8 Å². The van der Waals surface area contributed by atoms with Gasteiger partial charge in [0.15, 0.2) is 5.08 Å². The average molecular weight is 665 g/mol. The molecular weight excluding hydrogens is 635 g/mol. The number of guanidine groups is 1. The lowest BCUT2D eigenvalue weighted by Crippen LogP contribution is -2.63. The highest BCUT2D eigenvalue weighted by molar-refractivity contribution is 9.09. The highest BCUT2D eigenvalue weighted by atomic mass is 79.9. The van der Waals surface area contributed by atoms with Crippen molar-refractivity contribution in [2.24, 2.45) is 4.99 Å². The van der Waals surface area contributed by atoms with Gasteiger partial charge in [0.25, 0.3) is 5.91 Å². The Balaban J connectivity index is 1.69. The van der Waals surface area contributed by atoms with E-state index in [1.54, 1.807) is 9.91 Å². The number of hydrazine groups is 1. The Bertz CT molecular complexity index is 1310. The van der Waals surface area contributed by atoms with Gasteiger partial charge in [-0.05, 0) is 61.3 Å². The second kappa shape index (κ2) is 11.3. The second-order valence-corrected chi connectivity index (χ2v) is 11.8. The van der Waals surface area contributed by atoms with Crippen molar-refractivity contribution in [3.05, 3.63) is 40.2 Å². The molecule has 3 aliphatic heterocycles. The Morgan fingerprint density at radius 2 is 1.80 bits per heavy atom. The van der Waals surface area contributed by atoms with E-state index in [1.165, 1.54) is 9.91 Å². The molecule has 3 heterocycles. The maximum Gasteiger partial charge on any atom is 0.416 e. The molecule has 0 bridgehead atoms. The largest absolute Gasteiger partial charge is 0.465 e. The summed E-state index contributed by atoms with van der Waals surface area (Å²) in [6.07, 6.45) is -5.29. The summed E-state index contributed by atoms with van der Waals surface area (Å²) in [5.74, 6) is -0.737. The molecule has 0 aromatic heterocycles. The summed E-state index contributed by atoms with van der Waals surface area (Å²) in [5.41, 5.74) is -0.677. The molecule has 1 aromatic rings. The first kappa shape index (κ1) is 30.9. The molecule has 4 rings (SSSR count). The molecule has 11 nitrogen and oxygen atoms in total. The summed E-state index contributed by atoms with van der Waals surface area (Å²) in [4.78, 5) is 48.2. The van der Waals surface area contributed by atoms with E-state index < -0.39 is 34.4 Å². The third-order valence-corrected chi connectivity index (χ3v) is 7.73. The second-order valence-electron chi connectivity index (χ2n) is 10.6. The van der Waals surface area contributed by atoms with Crippen LogP contribution >= 0.6 is 27.5 Å². The molecule has 0 aliphatic carbocycles. The van der Waals surface area contributed by atoms with Crippen LogP contribution in [0.1, 0.15) is 39.7 Å². The first-order chi connectivity index (χ1) is 19.0. The number of hydrogen-bond donors (Lipinski definition) is 2. The quantitative estimate of drug-likeness (QED) is 0.354. The highest BCUT2D eigenvalue weighted by Crippen LogP contribution is 2.38. The van der Waals surface area contributed by atoms with Crippen LogP contribution in [0.2, 0.25) is 5.02 Å². The molecule has 1 atom stereocenters. The van der Waals surface area contributed by atoms with E-state index in [4.69, 9.17) is 11.6 Å². The number of aliphatic imine (C=N–C) groups is 1. The number of nitrogens with one attached hydrogen (secondary N) is 1. The van der Waals surface area contributed by atoms with Gasteiger partial charge in [0, 0.05) is 31.7 Å². The monoisotopic (exact) mass is 663 g/mol. The molecule has 3 amide bonds. The molecule has 0 spiro atoms. The fourth-order valence-corrected chi connectivity index (χ4v) is 6.16. The maximum absolute atomic E-state index is 14.1. The molecule has 0 saturated carbocycles. The minimum Gasteiger partial charge on any atom is -0.465 e. The topological polar surface area (TPSA) is 112 Å². The third kappa shape index (κ3) is 6.11. The fraction of sp³-hybridized carbons (Fsp3) is 0.520. The van der Waals surface area contributed by atoms with Crippen LogP contribution in [0, 0.1) is 0 Å². The van der Waals surface area contributed by atoms with Gasteiger partial charge < -0.3 is 25.1 Å². The van der Waals surface area contributed by atoms with Gasteiger partial charge in [0.05, 0.1) is 22.0 Å².